The maximum Gasteiger partial charge on any atom is 0.325 e. The Morgan fingerprint density at radius 2 is 2.21 bits per heavy atom. The zero-order valence-electron chi connectivity index (χ0n) is 9.68. The minimum atomic E-state index is -0.783. The van der Waals surface area contributed by atoms with Gasteiger partial charge in [0.05, 0.1) is 11.6 Å². The summed E-state index contributed by atoms with van der Waals surface area (Å²) in [5.74, 6) is -0.680. The molecule has 3 N–H and O–H groups in total. The Morgan fingerprint density at radius 3 is 2.84 bits per heavy atom. The van der Waals surface area contributed by atoms with Gasteiger partial charge in [-0.25, -0.2) is 4.79 Å². The highest BCUT2D eigenvalue weighted by Crippen LogP contribution is 2.25. The van der Waals surface area contributed by atoms with Crippen molar-refractivity contribution in [2.45, 2.75) is 6.10 Å². The molecule has 7 nitrogen and oxygen atoms in total. The average Bonchev–Trinajstić information content (AvgIpc) is 2.87. The van der Waals surface area contributed by atoms with Crippen molar-refractivity contribution >= 4 is 29.2 Å². The van der Waals surface area contributed by atoms with Gasteiger partial charge < -0.3 is 19.9 Å². The SMILES string of the molecule is O=C(NC(=O)C1COCO1)Nc1ccc(O)c(Cl)c1. The van der Waals surface area contributed by atoms with Crippen LogP contribution in [0.5, 0.6) is 5.75 Å². The number of urea groups is 1. The Kier molecular flexibility index (Phi) is 4.20. The molecule has 1 atom stereocenters. The molecule has 1 aliphatic heterocycles. The van der Waals surface area contributed by atoms with Gasteiger partial charge in [0.1, 0.15) is 12.5 Å². The van der Waals surface area contributed by atoms with Crippen LogP contribution in [-0.4, -0.2) is 36.5 Å². The fourth-order valence-corrected chi connectivity index (χ4v) is 1.60. The summed E-state index contributed by atoms with van der Waals surface area (Å²) in [5.41, 5.74) is 0.344. The van der Waals surface area contributed by atoms with Gasteiger partial charge in [0.2, 0.25) is 0 Å². The summed E-state index contributed by atoms with van der Waals surface area (Å²) in [6.45, 7) is 0.150. The van der Waals surface area contributed by atoms with Gasteiger partial charge in [-0.3, -0.25) is 10.1 Å². The molecule has 0 spiro atoms. The highest BCUT2D eigenvalue weighted by Gasteiger charge is 2.25. The molecular weight excluding hydrogens is 276 g/mol. The smallest absolute Gasteiger partial charge is 0.325 e. The average molecular weight is 287 g/mol. The molecule has 19 heavy (non-hydrogen) atoms. The molecule has 8 heteroatoms. The Balaban J connectivity index is 1.89. The van der Waals surface area contributed by atoms with Crippen LogP contribution >= 0.6 is 11.6 Å². The van der Waals surface area contributed by atoms with Crippen LogP contribution in [0.1, 0.15) is 0 Å². The van der Waals surface area contributed by atoms with E-state index in [0.717, 1.165) is 0 Å². The van der Waals surface area contributed by atoms with E-state index in [0.29, 0.717) is 5.69 Å². The maximum absolute atomic E-state index is 11.5. The van der Waals surface area contributed by atoms with Crippen molar-refractivity contribution in [3.05, 3.63) is 23.2 Å². The van der Waals surface area contributed by atoms with Crippen LogP contribution in [0.4, 0.5) is 10.5 Å². The summed E-state index contributed by atoms with van der Waals surface area (Å²) in [6, 6.07) is 3.41. The summed E-state index contributed by atoms with van der Waals surface area (Å²) in [5, 5.41) is 13.8. The number of amides is 3. The second-order valence-electron chi connectivity index (χ2n) is 3.75. The number of hydrogen-bond donors (Lipinski definition) is 3. The monoisotopic (exact) mass is 286 g/mol. The van der Waals surface area contributed by atoms with Crippen LogP contribution in [0.2, 0.25) is 5.02 Å². The molecule has 1 aromatic rings. The molecule has 0 aliphatic carbocycles. The van der Waals surface area contributed by atoms with E-state index in [1.54, 1.807) is 0 Å². The lowest BCUT2D eigenvalue weighted by atomic mass is 10.3. The molecule has 0 saturated carbocycles. The Bertz CT molecular complexity index is 502. The first-order chi connectivity index (χ1) is 9.06. The van der Waals surface area contributed by atoms with Gasteiger partial charge in [-0.2, -0.15) is 0 Å². The van der Waals surface area contributed by atoms with E-state index in [4.69, 9.17) is 21.1 Å². The van der Waals surface area contributed by atoms with Crippen LogP contribution < -0.4 is 10.6 Å². The number of phenolic OH excluding ortho intramolecular Hbond substituents is 1. The second-order valence-corrected chi connectivity index (χ2v) is 4.16. The van der Waals surface area contributed by atoms with E-state index >= 15 is 0 Å². The van der Waals surface area contributed by atoms with Crippen molar-refractivity contribution in [1.82, 2.24) is 5.32 Å². The van der Waals surface area contributed by atoms with Crippen LogP contribution in [0.15, 0.2) is 18.2 Å². The van der Waals surface area contributed by atoms with E-state index in [2.05, 4.69) is 10.6 Å². The minimum absolute atomic E-state index is 0.0350. The van der Waals surface area contributed by atoms with Crippen LogP contribution in [0, 0.1) is 0 Å². The quantitative estimate of drug-likeness (QED) is 0.707. The molecule has 2 rings (SSSR count). The molecule has 1 aliphatic rings. The number of rotatable bonds is 2. The molecule has 102 valence electrons. The summed E-state index contributed by atoms with van der Waals surface area (Å²) < 4.78 is 9.78. The first-order valence-corrected chi connectivity index (χ1v) is 5.74. The number of phenols is 1. The first kappa shape index (κ1) is 13.6. The molecule has 0 bridgehead atoms. The summed E-state index contributed by atoms with van der Waals surface area (Å²) in [7, 11) is 0. The zero-order chi connectivity index (χ0) is 13.8. The third-order valence-electron chi connectivity index (χ3n) is 2.36. The molecule has 0 aromatic heterocycles. The van der Waals surface area contributed by atoms with Crippen LogP contribution in [0.25, 0.3) is 0 Å². The molecule has 1 heterocycles. The van der Waals surface area contributed by atoms with Gasteiger partial charge in [0.15, 0.2) is 6.10 Å². The van der Waals surface area contributed by atoms with Gasteiger partial charge in [0, 0.05) is 5.69 Å². The Labute approximate surface area is 113 Å². The number of hydrogen-bond acceptors (Lipinski definition) is 5. The number of halogens is 1. The third-order valence-corrected chi connectivity index (χ3v) is 2.66. The first-order valence-electron chi connectivity index (χ1n) is 5.36. The van der Waals surface area contributed by atoms with Crippen molar-refractivity contribution in [1.29, 1.82) is 0 Å². The summed E-state index contributed by atoms with van der Waals surface area (Å²) >= 11 is 5.68. The van der Waals surface area contributed by atoms with E-state index in [1.807, 2.05) is 0 Å². The Morgan fingerprint density at radius 1 is 1.42 bits per heavy atom. The van der Waals surface area contributed by atoms with Gasteiger partial charge in [-0.1, -0.05) is 11.6 Å². The number of ether oxygens (including phenoxy) is 2. The number of carbonyl (C=O) groups is 2. The predicted octanol–water partition coefficient (Wildman–Crippen LogP) is 1.07. The number of aromatic hydroxyl groups is 1. The summed E-state index contributed by atoms with van der Waals surface area (Å²) in [6.07, 6.45) is -0.783. The van der Waals surface area contributed by atoms with Crippen LogP contribution in [-0.2, 0) is 14.3 Å². The van der Waals surface area contributed by atoms with E-state index in [9.17, 15) is 14.7 Å². The molecular formula is C11H11ClN2O5. The number of anilines is 1. The number of carbonyl (C=O) groups excluding carboxylic acids is 2. The number of nitrogens with one attached hydrogen (secondary N) is 2. The van der Waals surface area contributed by atoms with Crippen molar-refractivity contribution in [3.63, 3.8) is 0 Å². The molecule has 1 fully saturated rings. The van der Waals surface area contributed by atoms with E-state index in [1.165, 1.54) is 18.2 Å². The minimum Gasteiger partial charge on any atom is -0.506 e. The summed E-state index contributed by atoms with van der Waals surface area (Å²) in [4.78, 5) is 23.1. The lowest BCUT2D eigenvalue weighted by molar-refractivity contribution is -0.128. The fourth-order valence-electron chi connectivity index (χ4n) is 1.42. The number of benzene rings is 1. The topological polar surface area (TPSA) is 96.9 Å². The van der Waals surface area contributed by atoms with Gasteiger partial charge in [-0.05, 0) is 18.2 Å². The van der Waals surface area contributed by atoms with E-state index < -0.39 is 18.0 Å². The van der Waals surface area contributed by atoms with E-state index in [-0.39, 0.29) is 24.2 Å². The van der Waals surface area contributed by atoms with Crippen molar-refractivity contribution in [3.8, 4) is 5.75 Å². The van der Waals surface area contributed by atoms with Gasteiger partial charge in [-0.15, -0.1) is 0 Å². The maximum atomic E-state index is 11.5. The molecule has 1 unspecified atom stereocenters. The Hall–Kier alpha value is -1.83. The van der Waals surface area contributed by atoms with Gasteiger partial charge in [0.25, 0.3) is 5.91 Å². The predicted molar refractivity (Wildman–Crippen MR) is 66.0 cm³/mol. The van der Waals surface area contributed by atoms with Crippen LogP contribution in [0.3, 0.4) is 0 Å². The van der Waals surface area contributed by atoms with Crippen molar-refractivity contribution < 1.29 is 24.2 Å². The molecule has 3 amide bonds. The second kappa shape index (κ2) is 5.87. The third kappa shape index (κ3) is 3.57. The highest BCUT2D eigenvalue weighted by molar-refractivity contribution is 6.32. The normalized spacial score (nSPS) is 18.1. The van der Waals surface area contributed by atoms with Crippen molar-refractivity contribution in [2.75, 3.05) is 18.7 Å². The zero-order valence-corrected chi connectivity index (χ0v) is 10.4. The fraction of sp³-hybridized carbons (Fsp3) is 0.273. The molecule has 1 saturated heterocycles. The van der Waals surface area contributed by atoms with Gasteiger partial charge >= 0.3 is 6.03 Å². The number of imide groups is 1. The largest absolute Gasteiger partial charge is 0.506 e. The lowest BCUT2D eigenvalue weighted by Crippen LogP contribution is -2.41. The highest BCUT2D eigenvalue weighted by atomic mass is 35.5. The lowest BCUT2D eigenvalue weighted by Gasteiger charge is -2.09. The molecule has 1 aromatic carbocycles. The molecule has 0 radical (unpaired) electrons. The van der Waals surface area contributed by atoms with Crippen molar-refractivity contribution in [2.24, 2.45) is 0 Å². The standard InChI is InChI=1S/C11H11ClN2O5/c12-7-3-6(1-2-8(7)15)13-11(17)14-10(16)9-4-18-5-19-9/h1-3,9,15H,4-5H2,(H2,13,14,16,17).